The Kier molecular flexibility index (Phi) is 9.84. The molecule has 0 spiro atoms. The van der Waals surface area contributed by atoms with Gasteiger partial charge in [0.1, 0.15) is 0 Å². The number of hydrogen-bond donors (Lipinski definition) is 0. The summed E-state index contributed by atoms with van der Waals surface area (Å²) in [6.07, 6.45) is 1.28. The molecule has 0 rings (SSSR count). The van der Waals surface area contributed by atoms with Crippen LogP contribution in [0.15, 0.2) is 0 Å². The summed E-state index contributed by atoms with van der Waals surface area (Å²) >= 11 is 6.26. The first kappa shape index (κ1) is 11.8. The smallest absolute Gasteiger partial charge is 0.345 e. The van der Waals surface area contributed by atoms with Crippen molar-refractivity contribution < 1.29 is 0 Å². The summed E-state index contributed by atoms with van der Waals surface area (Å²) in [5.41, 5.74) is 0. The quantitative estimate of drug-likeness (QED) is 0.231. The molecule has 9 heavy (non-hydrogen) atoms. The normalized spacial score (nSPS) is 13.8. The second kappa shape index (κ2) is 7.48. The minimum absolute atomic E-state index is 0.157. The summed E-state index contributed by atoms with van der Waals surface area (Å²) in [6.45, 7) is 2.25. The highest BCUT2D eigenvalue weighted by atomic mass is 127. The van der Waals surface area contributed by atoms with Crippen molar-refractivity contribution in [1.29, 1.82) is 0 Å². The SMILES string of the molecule is CCC(I)[N]([AlH2])[S][AlH][I]. The predicted molar refractivity (Wildman–Crippen MR) is 67.2 cm³/mol. The molecule has 0 radical (unpaired) electrons. The summed E-state index contributed by atoms with van der Waals surface area (Å²) in [5.74, 6) is 0. The van der Waals surface area contributed by atoms with Gasteiger partial charge in [-0.25, -0.2) is 0 Å². The van der Waals surface area contributed by atoms with Crippen LogP contribution in [0.4, 0.5) is 0 Å². The number of rotatable bonds is 4. The first-order chi connectivity index (χ1) is 4.22. The Morgan fingerprint density at radius 1 is 1.89 bits per heavy atom. The van der Waals surface area contributed by atoms with E-state index in [0.29, 0.717) is 0 Å². The molecule has 0 saturated heterocycles. The molecule has 0 bridgehead atoms. The summed E-state index contributed by atoms with van der Waals surface area (Å²) in [6, 6.07) is 0. The van der Waals surface area contributed by atoms with Crippen LogP contribution in [0.5, 0.6) is 0 Å². The molecular weight excluding hydrogens is 390 g/mol. The zero-order valence-electron chi connectivity index (χ0n) is 5.60. The average Bonchev–Trinajstić information content (AvgIpc) is 1.87. The van der Waals surface area contributed by atoms with Crippen molar-refractivity contribution in [2.75, 3.05) is 0 Å². The fourth-order valence-electron chi connectivity index (χ4n) is 0.415. The van der Waals surface area contributed by atoms with Crippen LogP contribution in [0.25, 0.3) is 0 Å². The molecule has 1 nitrogen and oxygen atoms in total. The Balaban J connectivity index is 3.32. The zero-order chi connectivity index (χ0) is 7.28. The van der Waals surface area contributed by atoms with E-state index in [1.165, 1.54) is 22.9 Å². The summed E-state index contributed by atoms with van der Waals surface area (Å²) in [4.78, 5) is 0. The van der Waals surface area contributed by atoms with Gasteiger partial charge in [0, 0.05) is 4.05 Å². The van der Waals surface area contributed by atoms with Crippen LogP contribution >= 0.6 is 53.2 Å². The second-order valence-corrected chi connectivity index (χ2v) is 12.8. The Labute approximate surface area is 99.4 Å². The fourth-order valence-corrected chi connectivity index (χ4v) is 13.5. The second-order valence-electron chi connectivity index (χ2n) is 1.63. The Bertz CT molecular complexity index is 76.8. The van der Waals surface area contributed by atoms with Gasteiger partial charge in [0.25, 0.3) is 0 Å². The van der Waals surface area contributed by atoms with Crippen molar-refractivity contribution in [2.45, 2.75) is 17.4 Å². The highest BCUT2D eigenvalue weighted by molar-refractivity contribution is 14.1. The molecule has 0 aliphatic carbocycles. The largest absolute Gasteiger partial charge is 0.436 e. The highest BCUT2D eigenvalue weighted by Crippen LogP contribution is 2.18. The van der Waals surface area contributed by atoms with Gasteiger partial charge in [-0.15, -0.1) is 0 Å². The predicted octanol–water partition coefficient (Wildman–Crippen LogP) is 1.36. The third kappa shape index (κ3) is 6.04. The first-order valence-corrected chi connectivity index (χ1v) is 12.7. The highest BCUT2D eigenvalue weighted by Gasteiger charge is 2.06. The fraction of sp³-hybridized carbons (Fsp3) is 1.00. The van der Waals surface area contributed by atoms with Crippen LogP contribution in [0, 0.1) is 0 Å². The van der Waals surface area contributed by atoms with E-state index in [-0.39, 0.29) is 10.8 Å². The topological polar surface area (TPSA) is 3.24 Å². The Hall–Kier alpha value is 2.83. The van der Waals surface area contributed by atoms with Crippen LogP contribution < -0.4 is 0 Å². The number of nitrogens with zero attached hydrogens (tertiary/aromatic N) is 1. The minimum atomic E-state index is 0.157. The molecule has 0 aliphatic heterocycles. The minimum Gasteiger partial charge on any atom is -0.345 e. The molecule has 0 aromatic heterocycles. The third-order valence-electron chi connectivity index (χ3n) is 0.984. The average molecular weight is 399 g/mol. The van der Waals surface area contributed by atoms with Gasteiger partial charge in [0.2, 0.25) is 0 Å². The van der Waals surface area contributed by atoms with E-state index >= 15 is 0 Å². The Morgan fingerprint density at radius 3 is 2.78 bits per heavy atom. The molecule has 52 valence electrons. The van der Waals surface area contributed by atoms with Crippen LogP contribution in [-0.2, 0) is 0 Å². The van der Waals surface area contributed by atoms with Gasteiger partial charge in [-0.3, -0.25) is 0 Å². The van der Waals surface area contributed by atoms with Gasteiger partial charge >= 0.3 is 27.3 Å². The maximum atomic E-state index is 2.53. The molecule has 1 atom stereocenters. The van der Waals surface area contributed by atoms with E-state index < -0.39 is 0 Å². The van der Waals surface area contributed by atoms with Crippen molar-refractivity contribution in [3.05, 3.63) is 0 Å². The van der Waals surface area contributed by atoms with Gasteiger partial charge in [-0.05, 0) is 6.42 Å². The molecular formula is C3H9Al2I2NS. The van der Waals surface area contributed by atoms with Crippen molar-refractivity contribution in [1.82, 2.24) is 3.29 Å². The lowest BCUT2D eigenvalue weighted by Crippen LogP contribution is -2.20. The van der Waals surface area contributed by atoms with Gasteiger partial charge in [0.15, 0.2) is 0 Å². The number of halogens is 2. The van der Waals surface area contributed by atoms with Gasteiger partial charge < -0.3 is 3.29 Å². The molecule has 0 heterocycles. The van der Waals surface area contributed by atoms with E-state index in [2.05, 4.69) is 63.4 Å². The number of hydrogen-bond acceptors (Lipinski definition) is 2. The van der Waals surface area contributed by atoms with E-state index in [1.807, 2.05) is 0 Å². The maximum Gasteiger partial charge on any atom is 0.436 e. The summed E-state index contributed by atoms with van der Waals surface area (Å²) in [5, 5.41) is 0. The molecule has 0 fully saturated rings. The lowest BCUT2D eigenvalue weighted by molar-refractivity contribution is 0.669. The standard InChI is InChI=1S/C3H6INS.2Al.HI.3H/c1-2-3(4)5-6;;;;;;/h3H,2H2,1H3;;;1H;;;/q-2;+1;+2;;;;/p-1. The Morgan fingerprint density at radius 2 is 2.44 bits per heavy atom. The monoisotopic (exact) mass is 399 g/mol. The van der Waals surface area contributed by atoms with Crippen molar-refractivity contribution in [3.63, 3.8) is 0 Å². The van der Waals surface area contributed by atoms with Gasteiger partial charge in [-0.1, -0.05) is 29.5 Å². The zero-order valence-corrected chi connectivity index (χ0v) is 14.1. The molecule has 0 aliphatic rings. The van der Waals surface area contributed by atoms with Crippen LogP contribution in [-0.4, -0.2) is 34.7 Å². The molecule has 0 amide bonds. The molecule has 6 heteroatoms. The van der Waals surface area contributed by atoms with Crippen LogP contribution in [0.3, 0.4) is 0 Å². The molecule has 0 N–H and O–H groups in total. The maximum absolute atomic E-state index is 2.53. The molecule has 1 unspecified atom stereocenters. The summed E-state index contributed by atoms with van der Waals surface area (Å²) < 4.78 is 3.28. The molecule has 0 saturated carbocycles. The van der Waals surface area contributed by atoms with Crippen LogP contribution in [0.2, 0.25) is 0 Å². The number of alkyl halides is 1. The van der Waals surface area contributed by atoms with E-state index in [1.54, 1.807) is 0 Å². The van der Waals surface area contributed by atoms with Crippen LogP contribution in [0.1, 0.15) is 13.3 Å². The van der Waals surface area contributed by atoms with Gasteiger partial charge in [0.05, 0.1) is 0 Å². The van der Waals surface area contributed by atoms with Crippen molar-refractivity contribution in [2.24, 2.45) is 0 Å². The summed E-state index contributed by atoms with van der Waals surface area (Å²) in [7, 11) is 2.23. The van der Waals surface area contributed by atoms with Crippen molar-refractivity contribution >= 4 is 80.5 Å². The third-order valence-corrected chi connectivity index (χ3v) is 11.9. The van der Waals surface area contributed by atoms with E-state index in [9.17, 15) is 0 Å². The lowest BCUT2D eigenvalue weighted by atomic mass is 10.5. The molecule has 0 aromatic rings. The first-order valence-electron chi connectivity index (χ1n) is 2.78. The lowest BCUT2D eigenvalue weighted by Gasteiger charge is -2.21. The van der Waals surface area contributed by atoms with Gasteiger partial charge in [-0.2, -0.15) is 30.6 Å². The van der Waals surface area contributed by atoms with E-state index in [4.69, 9.17) is 0 Å². The molecule has 0 aromatic carbocycles. The van der Waals surface area contributed by atoms with Crippen molar-refractivity contribution in [3.8, 4) is 0 Å². The van der Waals surface area contributed by atoms with E-state index in [0.717, 1.165) is 4.05 Å².